The number of carbonyl (C=O) groups excluding carboxylic acids is 2. The highest BCUT2D eigenvalue weighted by Crippen LogP contribution is 2.39. The summed E-state index contributed by atoms with van der Waals surface area (Å²) in [6.45, 7) is 2.76. The lowest BCUT2D eigenvalue weighted by molar-refractivity contribution is -0.113. The lowest BCUT2D eigenvalue weighted by Crippen LogP contribution is -2.17. The van der Waals surface area contributed by atoms with Gasteiger partial charge in [-0.2, -0.15) is 0 Å². The number of rotatable bonds is 8. The zero-order valence-corrected chi connectivity index (χ0v) is 22.4. The number of hydrogen-bond donors (Lipinski definition) is 1. The van der Waals surface area contributed by atoms with Gasteiger partial charge in [0.05, 0.1) is 17.9 Å². The molecule has 2 heterocycles. The van der Waals surface area contributed by atoms with Gasteiger partial charge in [0.1, 0.15) is 5.00 Å². The number of aryl methyl sites for hydroxylation is 1. The molecule has 1 amide bonds. The molecule has 1 aliphatic rings. The average molecular weight is 539 g/mol. The number of nitrogens with zero attached hydrogens (tertiary/aromatic N) is 1. The number of hydrogen-bond acceptors (Lipinski definition) is 5. The molecule has 0 atom stereocenters. The Morgan fingerprint density at radius 1 is 1.11 bits per heavy atom. The van der Waals surface area contributed by atoms with Crippen molar-refractivity contribution in [2.75, 3.05) is 17.7 Å². The van der Waals surface area contributed by atoms with Crippen molar-refractivity contribution in [3.63, 3.8) is 0 Å². The van der Waals surface area contributed by atoms with Gasteiger partial charge in [-0.15, -0.1) is 23.1 Å². The van der Waals surface area contributed by atoms with Crippen LogP contribution in [0.3, 0.4) is 0 Å². The van der Waals surface area contributed by atoms with Crippen LogP contribution < -0.4 is 5.32 Å². The number of benzene rings is 2. The Labute approximate surface area is 223 Å². The summed E-state index contributed by atoms with van der Waals surface area (Å²) >= 11 is 9.41. The van der Waals surface area contributed by atoms with E-state index in [1.165, 1.54) is 28.0 Å². The Morgan fingerprint density at radius 2 is 1.89 bits per heavy atom. The predicted molar refractivity (Wildman–Crippen MR) is 149 cm³/mol. The average Bonchev–Trinajstić information content (AvgIpc) is 3.42. The first kappa shape index (κ1) is 24.9. The highest BCUT2D eigenvalue weighted by Gasteiger charge is 2.27. The van der Waals surface area contributed by atoms with E-state index in [-0.39, 0.29) is 17.6 Å². The molecule has 0 saturated heterocycles. The predicted octanol–water partition coefficient (Wildman–Crippen LogP) is 7.19. The van der Waals surface area contributed by atoms with Crippen molar-refractivity contribution in [2.24, 2.45) is 0 Å². The maximum Gasteiger partial charge on any atom is 0.341 e. The fourth-order valence-corrected chi connectivity index (χ4v) is 7.03. The van der Waals surface area contributed by atoms with Crippen molar-refractivity contribution >= 4 is 62.5 Å². The summed E-state index contributed by atoms with van der Waals surface area (Å²) in [7, 11) is 0. The van der Waals surface area contributed by atoms with Crippen molar-refractivity contribution < 1.29 is 14.3 Å². The third-order valence-electron chi connectivity index (χ3n) is 6.31. The van der Waals surface area contributed by atoms with Gasteiger partial charge >= 0.3 is 5.97 Å². The van der Waals surface area contributed by atoms with Crippen LogP contribution in [0.15, 0.2) is 59.6 Å². The maximum absolute atomic E-state index is 13.0. The van der Waals surface area contributed by atoms with Crippen molar-refractivity contribution in [3.8, 4) is 0 Å². The largest absolute Gasteiger partial charge is 0.462 e. The fourth-order valence-electron chi connectivity index (χ4n) is 4.65. The first-order valence-corrected chi connectivity index (χ1v) is 14.3. The second-order valence-electron chi connectivity index (χ2n) is 8.70. The summed E-state index contributed by atoms with van der Waals surface area (Å²) < 4.78 is 7.48. The third-order valence-corrected chi connectivity index (χ3v) is 8.93. The number of halogens is 1. The van der Waals surface area contributed by atoms with Crippen LogP contribution >= 0.6 is 34.7 Å². The number of para-hydroxylation sites is 1. The van der Waals surface area contributed by atoms with Gasteiger partial charge < -0.3 is 14.6 Å². The number of anilines is 1. The van der Waals surface area contributed by atoms with Gasteiger partial charge in [0.15, 0.2) is 0 Å². The summed E-state index contributed by atoms with van der Waals surface area (Å²) in [5.74, 6) is -0.236. The number of fused-ring (bicyclic) bond motifs is 2. The molecule has 2 aromatic heterocycles. The molecule has 8 heteroatoms. The Hall–Kier alpha value is -2.74. The summed E-state index contributed by atoms with van der Waals surface area (Å²) in [5.41, 5.74) is 3.74. The zero-order valence-electron chi connectivity index (χ0n) is 20.0. The number of nitrogens with one attached hydrogen (secondary N) is 1. The number of esters is 1. The number of ether oxygens (including phenoxy) is 1. The van der Waals surface area contributed by atoms with Gasteiger partial charge in [-0.3, -0.25) is 4.79 Å². The highest BCUT2D eigenvalue weighted by atomic mass is 35.5. The molecule has 2 aromatic carbocycles. The number of thiophene rings is 1. The zero-order chi connectivity index (χ0) is 25.1. The molecule has 1 N–H and O–H groups in total. The van der Waals surface area contributed by atoms with E-state index in [0.717, 1.165) is 57.6 Å². The van der Waals surface area contributed by atoms with Gasteiger partial charge in [-0.25, -0.2) is 4.79 Å². The SMILES string of the molecule is CCOC(=O)c1c(NC(=O)CSc2cn(Cc3ccccc3Cl)c3ccccc23)sc2c1CCCC2. The number of thioether (sulfide) groups is 1. The normalized spacial score (nSPS) is 12.9. The molecule has 1 aliphatic carbocycles. The Balaban J connectivity index is 1.34. The maximum atomic E-state index is 13.0. The minimum absolute atomic E-state index is 0.132. The smallest absolute Gasteiger partial charge is 0.341 e. The molecular formula is C28H27ClN2O3S2. The molecular weight excluding hydrogens is 512 g/mol. The number of aromatic nitrogens is 1. The molecule has 186 valence electrons. The molecule has 5 nitrogen and oxygen atoms in total. The summed E-state index contributed by atoms with van der Waals surface area (Å²) in [5, 5.41) is 5.47. The van der Waals surface area contributed by atoms with E-state index >= 15 is 0 Å². The Bertz CT molecular complexity index is 1430. The lowest BCUT2D eigenvalue weighted by atomic mass is 9.95. The first-order valence-electron chi connectivity index (χ1n) is 12.1. The Morgan fingerprint density at radius 3 is 2.72 bits per heavy atom. The van der Waals surface area contributed by atoms with Crippen LogP contribution in [-0.4, -0.2) is 28.8 Å². The van der Waals surface area contributed by atoms with E-state index in [2.05, 4.69) is 28.2 Å². The summed E-state index contributed by atoms with van der Waals surface area (Å²) in [6, 6.07) is 16.0. The standard InChI is InChI=1S/C28H27ClN2O3S2/c1-2-34-28(33)26-20-11-5-8-14-23(20)36-27(26)30-25(32)17-35-24-16-31(22-13-7-4-10-19(22)24)15-18-9-3-6-12-21(18)29/h3-4,6-7,9-10,12-13,16H,2,5,8,11,14-15,17H2,1H3,(H,30,32). The van der Waals surface area contributed by atoms with Crippen molar-refractivity contribution in [3.05, 3.63) is 81.3 Å². The monoisotopic (exact) mass is 538 g/mol. The molecule has 4 aromatic rings. The molecule has 0 fully saturated rings. The van der Waals surface area contributed by atoms with Crippen LogP contribution in [0.2, 0.25) is 5.02 Å². The lowest BCUT2D eigenvalue weighted by Gasteiger charge is -2.12. The molecule has 0 unspecified atom stereocenters. The number of amides is 1. The van der Waals surface area contributed by atoms with E-state index < -0.39 is 0 Å². The second-order valence-corrected chi connectivity index (χ2v) is 11.2. The van der Waals surface area contributed by atoms with Crippen molar-refractivity contribution in [1.29, 1.82) is 0 Å². The summed E-state index contributed by atoms with van der Waals surface area (Å²) in [6.07, 6.45) is 6.05. The molecule has 0 bridgehead atoms. The van der Waals surface area contributed by atoms with Crippen molar-refractivity contribution in [1.82, 2.24) is 4.57 Å². The van der Waals surface area contributed by atoms with E-state index in [4.69, 9.17) is 16.3 Å². The number of carbonyl (C=O) groups is 2. The minimum Gasteiger partial charge on any atom is -0.462 e. The quantitative estimate of drug-likeness (QED) is 0.190. The van der Waals surface area contributed by atoms with Crippen LogP contribution in [0.25, 0.3) is 10.9 Å². The van der Waals surface area contributed by atoms with Crippen LogP contribution in [0.1, 0.15) is 46.1 Å². The highest BCUT2D eigenvalue weighted by molar-refractivity contribution is 8.00. The summed E-state index contributed by atoms with van der Waals surface area (Å²) in [4.78, 5) is 27.9. The third kappa shape index (κ3) is 5.19. The minimum atomic E-state index is -0.345. The second kappa shape index (κ2) is 11.1. The topological polar surface area (TPSA) is 60.3 Å². The van der Waals surface area contributed by atoms with Gasteiger partial charge in [0.2, 0.25) is 5.91 Å². The van der Waals surface area contributed by atoms with E-state index in [0.29, 0.717) is 23.7 Å². The van der Waals surface area contributed by atoms with Gasteiger partial charge in [-0.05, 0) is 55.9 Å². The van der Waals surface area contributed by atoms with Crippen LogP contribution in [-0.2, 0) is 28.9 Å². The van der Waals surface area contributed by atoms with Crippen molar-refractivity contribution in [2.45, 2.75) is 44.0 Å². The molecule has 0 aliphatic heterocycles. The van der Waals surface area contributed by atoms with Gasteiger partial charge in [0.25, 0.3) is 0 Å². The van der Waals surface area contributed by atoms with E-state index in [1.807, 2.05) is 36.4 Å². The molecule has 5 rings (SSSR count). The Kier molecular flexibility index (Phi) is 7.70. The van der Waals surface area contributed by atoms with Crippen LogP contribution in [0, 0.1) is 0 Å². The first-order chi connectivity index (χ1) is 17.5. The van der Waals surface area contributed by atoms with Gasteiger partial charge in [0, 0.05) is 38.4 Å². The van der Waals surface area contributed by atoms with E-state index in [9.17, 15) is 9.59 Å². The van der Waals surface area contributed by atoms with E-state index in [1.54, 1.807) is 6.92 Å². The molecule has 36 heavy (non-hydrogen) atoms. The van der Waals surface area contributed by atoms with Gasteiger partial charge in [-0.1, -0.05) is 48.0 Å². The molecule has 0 spiro atoms. The fraction of sp³-hybridized carbons (Fsp3) is 0.286. The molecule has 0 saturated carbocycles. The molecule has 0 radical (unpaired) electrons. The van der Waals surface area contributed by atoms with Crippen LogP contribution in [0.5, 0.6) is 0 Å². The van der Waals surface area contributed by atoms with Crippen LogP contribution in [0.4, 0.5) is 5.00 Å².